The number of aryl methyl sites for hydroxylation is 3. The molecule has 1 aromatic rings. The molecule has 0 aliphatic rings. The maximum absolute atomic E-state index is 13.6. The van der Waals surface area contributed by atoms with Crippen molar-refractivity contribution in [3.8, 4) is 6.07 Å². The molecule has 0 unspecified atom stereocenters. The van der Waals surface area contributed by atoms with E-state index in [0.717, 1.165) is 16.7 Å². The van der Waals surface area contributed by atoms with E-state index in [1.54, 1.807) is 6.07 Å². The first kappa shape index (κ1) is 11.7. The Hall–Kier alpha value is -1.36. The molecule has 0 heterocycles. The van der Waals surface area contributed by atoms with Gasteiger partial charge < -0.3 is 0 Å². The Balaban J connectivity index is 3.12. The number of hydrogen-bond donors (Lipinski definition) is 0. The number of nitriles is 1. The van der Waals surface area contributed by atoms with Gasteiger partial charge in [0.25, 0.3) is 0 Å². The van der Waals surface area contributed by atoms with Crippen LogP contribution in [0, 0.1) is 32.1 Å². The van der Waals surface area contributed by atoms with Crippen LogP contribution in [0.5, 0.6) is 0 Å². The molecule has 0 amide bonds. The van der Waals surface area contributed by atoms with Crippen molar-refractivity contribution < 1.29 is 4.39 Å². The molecule has 2 heteroatoms. The first-order valence-corrected chi connectivity index (χ1v) is 5.02. The van der Waals surface area contributed by atoms with E-state index in [0.29, 0.717) is 0 Å². The molecular formula is C13H16FN. The smallest absolute Gasteiger partial charge is 0.197 e. The fourth-order valence-electron chi connectivity index (χ4n) is 1.86. The molecule has 0 fully saturated rings. The fraction of sp³-hybridized carbons (Fsp3) is 0.462. The topological polar surface area (TPSA) is 23.8 Å². The lowest BCUT2D eigenvalue weighted by Gasteiger charge is -2.16. The number of rotatable bonds is 2. The summed E-state index contributed by atoms with van der Waals surface area (Å²) >= 11 is 0. The molecular weight excluding hydrogens is 189 g/mol. The number of nitrogens with zero attached hydrogens (tertiary/aromatic N) is 1. The number of alkyl halides is 1. The molecule has 1 atom stereocenters. The van der Waals surface area contributed by atoms with Gasteiger partial charge in [0.05, 0.1) is 0 Å². The molecule has 0 aromatic heterocycles. The molecule has 0 bridgehead atoms. The lowest BCUT2D eigenvalue weighted by atomic mass is 9.91. The highest BCUT2D eigenvalue weighted by molar-refractivity contribution is 5.39. The predicted molar refractivity (Wildman–Crippen MR) is 59.5 cm³/mol. The van der Waals surface area contributed by atoms with Gasteiger partial charge in [-0.25, -0.2) is 4.39 Å². The summed E-state index contributed by atoms with van der Waals surface area (Å²) in [4.78, 5) is 0. The van der Waals surface area contributed by atoms with E-state index in [2.05, 4.69) is 0 Å². The minimum atomic E-state index is -1.77. The van der Waals surface area contributed by atoms with Crippen molar-refractivity contribution in [2.75, 3.05) is 0 Å². The molecule has 0 saturated heterocycles. The van der Waals surface area contributed by atoms with Crippen LogP contribution in [-0.2, 0) is 6.42 Å². The Kier molecular flexibility index (Phi) is 3.14. The van der Waals surface area contributed by atoms with Crippen LogP contribution in [-0.4, -0.2) is 5.67 Å². The molecule has 80 valence electrons. The van der Waals surface area contributed by atoms with Crippen molar-refractivity contribution >= 4 is 0 Å². The first-order valence-electron chi connectivity index (χ1n) is 5.02. The van der Waals surface area contributed by atoms with Crippen LogP contribution >= 0.6 is 0 Å². The number of benzene rings is 1. The second-order valence-electron chi connectivity index (χ2n) is 4.36. The zero-order valence-electron chi connectivity index (χ0n) is 9.69. The van der Waals surface area contributed by atoms with Gasteiger partial charge in [0, 0.05) is 6.42 Å². The summed E-state index contributed by atoms with van der Waals surface area (Å²) in [5.74, 6) is 0. The minimum Gasteiger partial charge on any atom is -0.227 e. The SMILES string of the molecule is Cc1cc(C)c(C[C@](C)(F)C#N)c(C)c1. The van der Waals surface area contributed by atoms with E-state index < -0.39 is 5.67 Å². The second kappa shape index (κ2) is 4.02. The highest BCUT2D eigenvalue weighted by atomic mass is 19.1. The quantitative estimate of drug-likeness (QED) is 0.725. The Morgan fingerprint density at radius 2 is 1.73 bits per heavy atom. The van der Waals surface area contributed by atoms with Crippen LogP contribution in [0.4, 0.5) is 4.39 Å². The third-order valence-electron chi connectivity index (χ3n) is 2.58. The van der Waals surface area contributed by atoms with Crippen molar-refractivity contribution in [3.63, 3.8) is 0 Å². The van der Waals surface area contributed by atoms with Gasteiger partial charge in [-0.3, -0.25) is 0 Å². The maximum atomic E-state index is 13.6. The van der Waals surface area contributed by atoms with Gasteiger partial charge >= 0.3 is 0 Å². The summed E-state index contributed by atoms with van der Waals surface area (Å²) in [7, 11) is 0. The lowest BCUT2D eigenvalue weighted by Crippen LogP contribution is -2.19. The molecule has 15 heavy (non-hydrogen) atoms. The van der Waals surface area contributed by atoms with Crippen LogP contribution in [0.2, 0.25) is 0 Å². The first-order chi connectivity index (χ1) is 6.85. The van der Waals surface area contributed by atoms with Crippen LogP contribution in [0.15, 0.2) is 12.1 Å². The van der Waals surface area contributed by atoms with Gasteiger partial charge in [-0.05, 0) is 44.4 Å². The molecule has 1 rings (SSSR count). The van der Waals surface area contributed by atoms with Crippen LogP contribution in [0.3, 0.4) is 0 Å². The summed E-state index contributed by atoms with van der Waals surface area (Å²) in [6.45, 7) is 7.26. The minimum absolute atomic E-state index is 0.168. The summed E-state index contributed by atoms with van der Waals surface area (Å²) in [6.07, 6.45) is 0.168. The van der Waals surface area contributed by atoms with E-state index in [4.69, 9.17) is 5.26 Å². The van der Waals surface area contributed by atoms with E-state index in [1.807, 2.05) is 32.9 Å². The van der Waals surface area contributed by atoms with Crippen molar-refractivity contribution in [2.24, 2.45) is 0 Å². The second-order valence-corrected chi connectivity index (χ2v) is 4.36. The van der Waals surface area contributed by atoms with Crippen LogP contribution in [0.1, 0.15) is 29.2 Å². The van der Waals surface area contributed by atoms with Crippen LogP contribution in [0.25, 0.3) is 0 Å². The summed E-state index contributed by atoms with van der Waals surface area (Å²) in [5, 5.41) is 8.67. The predicted octanol–water partition coefficient (Wildman–Crippen LogP) is 3.41. The Bertz CT molecular complexity index is 390. The van der Waals surface area contributed by atoms with Crippen LogP contribution < -0.4 is 0 Å². The van der Waals surface area contributed by atoms with Crippen molar-refractivity contribution in [3.05, 3.63) is 34.4 Å². The van der Waals surface area contributed by atoms with E-state index >= 15 is 0 Å². The number of halogens is 1. The van der Waals surface area contributed by atoms with Gasteiger partial charge in [0.15, 0.2) is 5.67 Å². The lowest BCUT2D eigenvalue weighted by molar-refractivity contribution is 0.266. The maximum Gasteiger partial charge on any atom is 0.197 e. The Morgan fingerprint density at radius 3 is 2.13 bits per heavy atom. The highest BCUT2D eigenvalue weighted by Gasteiger charge is 2.24. The fourth-order valence-corrected chi connectivity index (χ4v) is 1.86. The van der Waals surface area contributed by atoms with E-state index in [1.165, 1.54) is 12.5 Å². The summed E-state index contributed by atoms with van der Waals surface area (Å²) in [6, 6.07) is 5.74. The summed E-state index contributed by atoms with van der Waals surface area (Å²) in [5.41, 5.74) is 2.47. The van der Waals surface area contributed by atoms with Crippen molar-refractivity contribution in [1.82, 2.24) is 0 Å². The highest BCUT2D eigenvalue weighted by Crippen LogP contribution is 2.23. The number of hydrogen-bond acceptors (Lipinski definition) is 1. The largest absolute Gasteiger partial charge is 0.227 e. The Morgan fingerprint density at radius 1 is 1.27 bits per heavy atom. The van der Waals surface area contributed by atoms with Gasteiger partial charge in [-0.15, -0.1) is 0 Å². The van der Waals surface area contributed by atoms with Gasteiger partial charge in [-0.2, -0.15) is 5.26 Å². The molecule has 0 spiro atoms. The van der Waals surface area contributed by atoms with E-state index in [9.17, 15) is 4.39 Å². The van der Waals surface area contributed by atoms with Crippen molar-refractivity contribution in [1.29, 1.82) is 5.26 Å². The molecule has 1 aromatic carbocycles. The molecule has 1 nitrogen and oxygen atoms in total. The summed E-state index contributed by atoms with van der Waals surface area (Å²) < 4.78 is 13.6. The van der Waals surface area contributed by atoms with Crippen molar-refractivity contribution in [2.45, 2.75) is 39.8 Å². The molecule has 0 N–H and O–H groups in total. The van der Waals surface area contributed by atoms with Gasteiger partial charge in [-0.1, -0.05) is 17.7 Å². The van der Waals surface area contributed by atoms with Gasteiger partial charge in [0.1, 0.15) is 6.07 Å². The standard InChI is InChI=1S/C13H16FN/c1-9-5-10(2)12(11(3)6-9)7-13(4,14)8-15/h5-6H,7H2,1-4H3/t13-/m0/s1. The molecule has 0 radical (unpaired) electrons. The third-order valence-corrected chi connectivity index (χ3v) is 2.58. The average Bonchev–Trinajstić information content (AvgIpc) is 2.11. The third kappa shape index (κ3) is 2.79. The van der Waals surface area contributed by atoms with Gasteiger partial charge in [0.2, 0.25) is 0 Å². The normalized spacial score (nSPS) is 14.4. The molecule has 0 saturated carbocycles. The molecule has 0 aliphatic carbocycles. The Labute approximate surface area is 90.5 Å². The zero-order valence-corrected chi connectivity index (χ0v) is 9.69. The zero-order chi connectivity index (χ0) is 11.6. The monoisotopic (exact) mass is 205 g/mol. The van der Waals surface area contributed by atoms with E-state index in [-0.39, 0.29) is 6.42 Å². The molecule has 0 aliphatic heterocycles. The average molecular weight is 205 g/mol.